The number of hydrogen-bond acceptors (Lipinski definition) is 7. The summed E-state index contributed by atoms with van der Waals surface area (Å²) < 4.78 is 6.27. The normalized spacial score (nSPS) is 23.6. The van der Waals surface area contributed by atoms with Crippen molar-refractivity contribution in [2.24, 2.45) is 11.8 Å². The number of ketones is 2. The average Bonchev–Trinajstić information content (AvgIpc) is 3.55. The van der Waals surface area contributed by atoms with E-state index in [2.05, 4.69) is 70.5 Å². The summed E-state index contributed by atoms with van der Waals surface area (Å²) in [5.41, 5.74) is 8.20. The minimum Gasteiger partial charge on any atom is -0.508 e. The van der Waals surface area contributed by atoms with Crippen molar-refractivity contribution >= 4 is 23.2 Å². The fourth-order valence-corrected chi connectivity index (χ4v) is 10.3. The molecule has 56 heavy (non-hydrogen) atoms. The standard InChI is InChI=1S/C48H53N3O5/c52-39-11-15-43-36(26-39)8-14-42(34-4-2-1-3-5-34)47(43)35-6-9-38(10-7-35)50-24-20-32(21-25-50)29-49-22-18-33(19-23-49)31-56-41-13-16-44-37(27-41)30-51(48(44)55)45-17-12-40(53)28-46(45)54/h1-7,9-11,13,15-16,26-27,32-33,42,45,47,52H,8,12,14,17-25,28-31H2/t42-,45?,47+/m1/s1. The number of hydrogen-bond donors (Lipinski definition) is 1. The molecule has 0 bridgehead atoms. The van der Waals surface area contributed by atoms with Crippen molar-refractivity contribution in [1.82, 2.24) is 9.80 Å². The number of anilines is 1. The van der Waals surface area contributed by atoms with Crippen LogP contribution >= 0.6 is 0 Å². The maximum absolute atomic E-state index is 13.1. The summed E-state index contributed by atoms with van der Waals surface area (Å²) in [6, 6.07) is 31.4. The molecule has 0 spiro atoms. The number of carbonyl (C=O) groups is 3. The zero-order valence-corrected chi connectivity index (χ0v) is 32.3. The Kier molecular flexibility index (Phi) is 10.4. The average molecular weight is 752 g/mol. The molecule has 4 aromatic carbocycles. The van der Waals surface area contributed by atoms with Crippen LogP contribution in [-0.4, -0.2) is 77.8 Å². The largest absolute Gasteiger partial charge is 0.508 e. The van der Waals surface area contributed by atoms with E-state index in [1.807, 2.05) is 30.3 Å². The number of fused-ring (bicyclic) bond motifs is 2. The molecule has 2 saturated heterocycles. The number of phenols is 1. The highest BCUT2D eigenvalue weighted by molar-refractivity contribution is 6.07. The molecule has 3 atom stereocenters. The first kappa shape index (κ1) is 36.7. The van der Waals surface area contributed by atoms with Gasteiger partial charge in [0.05, 0.1) is 19.1 Å². The van der Waals surface area contributed by atoms with Crippen LogP contribution in [0, 0.1) is 11.8 Å². The predicted molar refractivity (Wildman–Crippen MR) is 217 cm³/mol. The first-order chi connectivity index (χ1) is 27.4. The minimum atomic E-state index is -0.495. The van der Waals surface area contributed by atoms with Gasteiger partial charge in [-0.05, 0) is 146 Å². The Bertz CT molecular complexity index is 2070. The molecule has 3 aliphatic heterocycles. The summed E-state index contributed by atoms with van der Waals surface area (Å²) >= 11 is 0. The summed E-state index contributed by atoms with van der Waals surface area (Å²) in [7, 11) is 0. The molecule has 1 saturated carbocycles. The Labute approximate surface area is 330 Å². The zero-order chi connectivity index (χ0) is 38.2. The Morgan fingerprint density at radius 2 is 1.46 bits per heavy atom. The van der Waals surface area contributed by atoms with E-state index in [-0.39, 0.29) is 29.8 Å². The Balaban J connectivity index is 0.738. The van der Waals surface area contributed by atoms with E-state index in [1.165, 1.54) is 47.3 Å². The van der Waals surface area contributed by atoms with Crippen molar-refractivity contribution in [3.8, 4) is 11.5 Å². The molecule has 2 aliphatic carbocycles. The number of ether oxygens (including phenoxy) is 1. The van der Waals surface area contributed by atoms with Crippen LogP contribution in [0.2, 0.25) is 0 Å². The molecule has 1 amide bonds. The highest BCUT2D eigenvalue weighted by atomic mass is 16.5. The number of aryl methyl sites for hydroxylation is 1. The van der Waals surface area contributed by atoms with E-state index >= 15 is 0 Å². The summed E-state index contributed by atoms with van der Waals surface area (Å²) in [5, 5.41) is 10.2. The van der Waals surface area contributed by atoms with Gasteiger partial charge in [0.1, 0.15) is 17.3 Å². The lowest BCUT2D eigenvalue weighted by atomic mass is 9.69. The quantitative estimate of drug-likeness (QED) is 0.174. The molecule has 290 valence electrons. The molecule has 9 rings (SSSR count). The van der Waals surface area contributed by atoms with Crippen LogP contribution < -0.4 is 9.64 Å². The molecule has 0 radical (unpaired) electrons. The molecule has 1 N–H and O–H groups in total. The van der Waals surface area contributed by atoms with Crippen LogP contribution in [0.4, 0.5) is 5.69 Å². The van der Waals surface area contributed by atoms with Crippen LogP contribution in [0.25, 0.3) is 0 Å². The van der Waals surface area contributed by atoms with Crippen molar-refractivity contribution < 1.29 is 24.2 Å². The smallest absolute Gasteiger partial charge is 0.255 e. The van der Waals surface area contributed by atoms with Gasteiger partial charge in [-0.3, -0.25) is 14.4 Å². The van der Waals surface area contributed by atoms with Gasteiger partial charge in [0.2, 0.25) is 0 Å². The van der Waals surface area contributed by atoms with Gasteiger partial charge in [0.15, 0.2) is 5.78 Å². The maximum atomic E-state index is 13.1. The van der Waals surface area contributed by atoms with Crippen molar-refractivity contribution in [2.45, 2.75) is 82.2 Å². The van der Waals surface area contributed by atoms with E-state index in [0.717, 1.165) is 69.1 Å². The highest BCUT2D eigenvalue weighted by Crippen LogP contribution is 2.47. The van der Waals surface area contributed by atoms with E-state index < -0.39 is 6.04 Å². The second-order valence-electron chi connectivity index (χ2n) is 17.0. The highest BCUT2D eigenvalue weighted by Gasteiger charge is 2.39. The van der Waals surface area contributed by atoms with Crippen molar-refractivity contribution in [3.05, 3.63) is 124 Å². The fraction of sp³-hybridized carbons (Fsp3) is 0.438. The van der Waals surface area contributed by atoms with Gasteiger partial charge in [-0.2, -0.15) is 0 Å². The van der Waals surface area contributed by atoms with Gasteiger partial charge in [0, 0.05) is 49.8 Å². The van der Waals surface area contributed by atoms with E-state index in [0.29, 0.717) is 49.1 Å². The third-order valence-electron chi connectivity index (χ3n) is 13.5. The van der Waals surface area contributed by atoms with Crippen molar-refractivity contribution in [1.29, 1.82) is 0 Å². The van der Waals surface area contributed by atoms with E-state index in [9.17, 15) is 19.5 Å². The zero-order valence-electron chi connectivity index (χ0n) is 32.3. The number of aromatic hydroxyl groups is 1. The number of phenolic OH excluding ortho intramolecular Hbond substituents is 1. The van der Waals surface area contributed by atoms with Gasteiger partial charge in [-0.15, -0.1) is 0 Å². The van der Waals surface area contributed by atoms with Crippen LogP contribution in [0.3, 0.4) is 0 Å². The Hall–Kier alpha value is -4.95. The molecular weight excluding hydrogens is 699 g/mol. The van der Waals surface area contributed by atoms with Crippen molar-refractivity contribution in [2.75, 3.05) is 44.2 Å². The molecule has 8 nitrogen and oxygen atoms in total. The van der Waals surface area contributed by atoms with Crippen LogP contribution in [0.15, 0.2) is 91.0 Å². The molecule has 0 aromatic heterocycles. The third-order valence-corrected chi connectivity index (χ3v) is 13.5. The van der Waals surface area contributed by atoms with Crippen molar-refractivity contribution in [3.63, 3.8) is 0 Å². The number of likely N-dealkylation sites (tertiary alicyclic amines) is 1. The number of nitrogens with zero attached hydrogens (tertiary/aromatic N) is 3. The topological polar surface area (TPSA) is 90.4 Å². The lowest BCUT2D eigenvalue weighted by molar-refractivity contribution is -0.133. The van der Waals surface area contributed by atoms with Gasteiger partial charge >= 0.3 is 0 Å². The van der Waals surface area contributed by atoms with Gasteiger partial charge in [-0.25, -0.2) is 0 Å². The van der Waals surface area contributed by atoms with E-state index in [1.54, 1.807) is 4.90 Å². The molecular formula is C48H53N3O5. The summed E-state index contributed by atoms with van der Waals surface area (Å²) in [5.74, 6) is 2.76. The molecule has 5 aliphatic rings. The summed E-state index contributed by atoms with van der Waals surface area (Å²) in [4.78, 5) is 44.2. The molecule has 1 unspecified atom stereocenters. The third kappa shape index (κ3) is 7.60. The monoisotopic (exact) mass is 751 g/mol. The fourth-order valence-electron chi connectivity index (χ4n) is 10.3. The number of rotatable bonds is 9. The van der Waals surface area contributed by atoms with Crippen LogP contribution in [-0.2, 0) is 22.6 Å². The number of carbonyl (C=O) groups excluding carboxylic acids is 3. The number of Topliss-reactive ketones (excluding diaryl/α,β-unsaturated/α-hetero) is 2. The lowest BCUT2D eigenvalue weighted by Gasteiger charge is -2.38. The SMILES string of the molecule is O=C1CCC(N2Cc3cc(OCC4CCN(CC5CCN(c6ccc([C@@H]7c8ccc(O)cc8CC[C@@H]7c7ccccc7)cc6)CC5)CC4)ccc3C2=O)C(=O)C1. The van der Waals surface area contributed by atoms with Gasteiger partial charge in [-0.1, -0.05) is 48.5 Å². The number of benzene rings is 4. The Morgan fingerprint density at radius 3 is 2.23 bits per heavy atom. The second kappa shape index (κ2) is 15.9. The number of amides is 1. The summed E-state index contributed by atoms with van der Waals surface area (Å²) in [6.45, 7) is 6.64. The molecule has 4 aromatic rings. The summed E-state index contributed by atoms with van der Waals surface area (Å²) in [6.07, 6.45) is 7.47. The van der Waals surface area contributed by atoms with Gasteiger partial charge < -0.3 is 24.5 Å². The van der Waals surface area contributed by atoms with Gasteiger partial charge in [0.25, 0.3) is 5.91 Å². The number of piperidine rings is 2. The molecule has 3 fully saturated rings. The van der Waals surface area contributed by atoms with Crippen LogP contribution in [0.1, 0.15) is 101 Å². The molecule has 3 heterocycles. The first-order valence-corrected chi connectivity index (χ1v) is 20.9. The first-order valence-electron chi connectivity index (χ1n) is 20.9. The second-order valence-corrected chi connectivity index (χ2v) is 17.0. The lowest BCUT2D eigenvalue weighted by Crippen LogP contribution is -2.44. The van der Waals surface area contributed by atoms with Crippen LogP contribution in [0.5, 0.6) is 11.5 Å². The maximum Gasteiger partial charge on any atom is 0.255 e. The Morgan fingerprint density at radius 1 is 0.696 bits per heavy atom. The minimum absolute atomic E-state index is 0.0282. The van der Waals surface area contributed by atoms with E-state index in [4.69, 9.17) is 4.74 Å². The molecule has 8 heteroatoms. The predicted octanol–water partition coefficient (Wildman–Crippen LogP) is 7.91.